The average molecular weight is 654 g/mol. The molecule has 1 aromatic heterocycles. The Morgan fingerprint density at radius 1 is 1.10 bits per heavy atom. The van der Waals surface area contributed by atoms with Gasteiger partial charge in [0.25, 0.3) is 11.8 Å². The van der Waals surface area contributed by atoms with Crippen LogP contribution in [-0.2, 0) is 25.7 Å². The molecule has 39 heavy (non-hydrogen) atoms. The Bertz CT molecular complexity index is 1450. The predicted octanol–water partition coefficient (Wildman–Crippen LogP) is 4.37. The lowest BCUT2D eigenvalue weighted by Crippen LogP contribution is -2.60. The van der Waals surface area contributed by atoms with E-state index in [4.69, 9.17) is 27.9 Å². The minimum atomic E-state index is -1.92. The highest BCUT2D eigenvalue weighted by Gasteiger charge is 2.76. The van der Waals surface area contributed by atoms with Crippen LogP contribution in [0.25, 0.3) is 0 Å². The maximum Gasteiger partial charge on any atom is 0.254 e. The normalized spacial score (nSPS) is 33.7. The van der Waals surface area contributed by atoms with E-state index in [1.54, 1.807) is 12.1 Å². The fourth-order valence-electron chi connectivity index (χ4n) is 6.79. The summed E-state index contributed by atoms with van der Waals surface area (Å²) < 4.78 is 5.19. The Hall–Kier alpha value is -2.40. The highest BCUT2D eigenvalue weighted by Crippen LogP contribution is 2.65. The summed E-state index contributed by atoms with van der Waals surface area (Å²) in [4.78, 5) is 54.1. The molecule has 0 radical (unpaired) electrons. The highest BCUT2D eigenvalue weighted by atomic mass is 79.9. The molecule has 1 N–H and O–H groups in total. The van der Waals surface area contributed by atoms with Gasteiger partial charge in [-0.3, -0.25) is 29.0 Å². The quantitative estimate of drug-likeness (QED) is 0.222. The van der Waals surface area contributed by atoms with Crippen molar-refractivity contribution in [2.24, 2.45) is 17.8 Å². The number of ether oxygens (including phenoxy) is 1. The molecule has 1 aromatic carbocycles. The van der Waals surface area contributed by atoms with Gasteiger partial charge in [0.15, 0.2) is 21.2 Å². The van der Waals surface area contributed by atoms with Crippen LogP contribution in [0.15, 0.2) is 47.4 Å². The largest absolute Gasteiger partial charge is 0.504 e. The van der Waals surface area contributed by atoms with Crippen LogP contribution < -0.4 is 4.74 Å². The zero-order valence-electron chi connectivity index (χ0n) is 20.6. The maximum atomic E-state index is 13.8. The summed E-state index contributed by atoms with van der Waals surface area (Å²) in [5.41, 5.74) is 1.02. The number of thiophene rings is 1. The number of aromatic hydroxyl groups is 1. The van der Waals surface area contributed by atoms with Crippen LogP contribution >= 0.6 is 50.5 Å². The number of halogens is 3. The molecule has 8 nitrogen and oxygen atoms in total. The summed E-state index contributed by atoms with van der Waals surface area (Å²) in [6, 6.07) is 8.40. The number of alkyl halides is 3. The second-order valence-electron chi connectivity index (χ2n) is 10.3. The number of nitrogens with zero attached hydrogens (tertiary/aromatic N) is 2. The van der Waals surface area contributed by atoms with E-state index in [-0.39, 0.29) is 48.2 Å². The maximum absolute atomic E-state index is 13.8. The van der Waals surface area contributed by atoms with Crippen molar-refractivity contribution in [2.75, 3.05) is 12.6 Å². The van der Waals surface area contributed by atoms with Crippen molar-refractivity contribution in [1.82, 2.24) is 9.80 Å². The number of carbonyl (C=O) groups is 4. The summed E-state index contributed by atoms with van der Waals surface area (Å²) in [5, 5.41) is 12.5. The van der Waals surface area contributed by atoms with Crippen LogP contribution in [0.2, 0.25) is 0 Å². The number of likely N-dealkylation sites (tertiary alicyclic amines) is 2. The molecule has 4 aliphatic rings. The summed E-state index contributed by atoms with van der Waals surface area (Å²) in [6.45, 7) is 0.181. The first-order valence-electron chi connectivity index (χ1n) is 12.3. The highest BCUT2D eigenvalue weighted by molar-refractivity contribution is 9.09. The third-order valence-electron chi connectivity index (χ3n) is 8.54. The fourth-order valence-corrected chi connectivity index (χ4v) is 8.91. The topological polar surface area (TPSA) is 104 Å². The summed E-state index contributed by atoms with van der Waals surface area (Å²) in [7, 11) is 1.42. The Morgan fingerprint density at radius 3 is 2.51 bits per heavy atom. The van der Waals surface area contributed by atoms with Crippen LogP contribution in [0, 0.1) is 17.8 Å². The number of carbonyl (C=O) groups excluding carboxylic acids is 4. The molecule has 2 saturated heterocycles. The van der Waals surface area contributed by atoms with Crippen molar-refractivity contribution in [3.63, 3.8) is 0 Å². The van der Waals surface area contributed by atoms with Crippen LogP contribution in [0.1, 0.15) is 29.2 Å². The number of allylic oxidation sites excluding steroid dienone is 2. The van der Waals surface area contributed by atoms with Crippen molar-refractivity contribution in [1.29, 1.82) is 0 Å². The molecule has 6 rings (SSSR count). The minimum Gasteiger partial charge on any atom is -0.504 e. The standard InChI is InChI=1S/C27H23BrCl2N2O6S/c1-38-19-7-4-13(9-18(19)33)21-15-5-6-16-20(23(35)31(22(16)34)11-14-3-2-8-39-14)17(15)10-26(29)24(36)32(12-28)25(37)27(21,26)30/h2-5,7-9,16-17,20-21,33H,6,10-12H2,1H3. The number of methoxy groups -OCH3 is 1. The number of fused-ring (bicyclic) bond motifs is 4. The lowest BCUT2D eigenvalue weighted by molar-refractivity contribution is -0.141. The van der Waals surface area contributed by atoms with Gasteiger partial charge in [0.05, 0.1) is 30.9 Å². The molecule has 3 heterocycles. The van der Waals surface area contributed by atoms with Gasteiger partial charge in [-0.05, 0) is 47.9 Å². The average Bonchev–Trinajstić information content (AvgIpc) is 3.55. The van der Waals surface area contributed by atoms with Gasteiger partial charge < -0.3 is 9.84 Å². The summed E-state index contributed by atoms with van der Waals surface area (Å²) in [6.07, 6.45) is 2.07. The summed E-state index contributed by atoms with van der Waals surface area (Å²) in [5.74, 6) is -4.73. The van der Waals surface area contributed by atoms with Gasteiger partial charge in [0.2, 0.25) is 11.8 Å². The molecule has 4 amide bonds. The zero-order chi connectivity index (χ0) is 27.9. The first-order chi connectivity index (χ1) is 18.6. The zero-order valence-corrected chi connectivity index (χ0v) is 24.5. The van der Waals surface area contributed by atoms with Gasteiger partial charge >= 0.3 is 0 Å². The van der Waals surface area contributed by atoms with Gasteiger partial charge in [0.1, 0.15) is 0 Å². The number of benzene rings is 1. The number of phenols is 1. The van der Waals surface area contributed by atoms with E-state index < -0.39 is 45.2 Å². The van der Waals surface area contributed by atoms with Crippen LogP contribution in [-0.4, -0.2) is 60.8 Å². The van der Waals surface area contributed by atoms with Gasteiger partial charge in [-0.2, -0.15) is 0 Å². The van der Waals surface area contributed by atoms with Crippen LogP contribution in [0.5, 0.6) is 11.5 Å². The number of rotatable bonds is 5. The van der Waals surface area contributed by atoms with E-state index >= 15 is 0 Å². The first kappa shape index (κ1) is 26.8. The number of amides is 4. The Morgan fingerprint density at radius 2 is 1.87 bits per heavy atom. The van der Waals surface area contributed by atoms with Gasteiger partial charge in [-0.1, -0.05) is 39.7 Å². The molecule has 6 atom stereocenters. The monoisotopic (exact) mass is 652 g/mol. The molecule has 2 aromatic rings. The van der Waals surface area contributed by atoms with Crippen molar-refractivity contribution in [3.05, 3.63) is 57.8 Å². The number of phenolic OH excluding ortho intramolecular Hbond substituents is 1. The van der Waals surface area contributed by atoms with Crippen LogP contribution in [0.4, 0.5) is 0 Å². The predicted molar refractivity (Wildman–Crippen MR) is 148 cm³/mol. The van der Waals surface area contributed by atoms with Crippen LogP contribution in [0.3, 0.4) is 0 Å². The van der Waals surface area contributed by atoms with Crippen molar-refractivity contribution < 1.29 is 29.0 Å². The molecular weight excluding hydrogens is 631 g/mol. The molecule has 2 aliphatic heterocycles. The second-order valence-corrected chi connectivity index (χ2v) is 13.0. The van der Waals surface area contributed by atoms with E-state index in [0.717, 1.165) is 9.78 Å². The number of imide groups is 2. The molecule has 0 bridgehead atoms. The molecule has 12 heteroatoms. The van der Waals surface area contributed by atoms with Gasteiger partial charge in [-0.25, -0.2) is 0 Å². The van der Waals surface area contributed by atoms with E-state index in [9.17, 15) is 24.3 Å². The van der Waals surface area contributed by atoms with Crippen molar-refractivity contribution in [2.45, 2.75) is 35.1 Å². The third-order valence-corrected chi connectivity index (χ3v) is 11.3. The molecule has 3 fully saturated rings. The smallest absolute Gasteiger partial charge is 0.254 e. The lowest BCUT2D eigenvalue weighted by Gasteiger charge is -2.50. The fraction of sp³-hybridized carbons (Fsp3) is 0.407. The third kappa shape index (κ3) is 3.54. The van der Waals surface area contributed by atoms with Gasteiger partial charge in [0, 0.05) is 10.8 Å². The lowest BCUT2D eigenvalue weighted by atomic mass is 9.56. The number of hydrogen-bond donors (Lipinski definition) is 1. The second kappa shape index (κ2) is 9.33. The molecule has 0 spiro atoms. The molecule has 6 unspecified atom stereocenters. The Labute approximate surface area is 246 Å². The van der Waals surface area contributed by atoms with Crippen molar-refractivity contribution in [3.8, 4) is 11.5 Å². The Kier molecular flexibility index (Phi) is 6.41. The molecule has 2 aliphatic carbocycles. The molecule has 1 saturated carbocycles. The van der Waals surface area contributed by atoms with E-state index in [1.807, 2.05) is 23.6 Å². The van der Waals surface area contributed by atoms with E-state index in [0.29, 0.717) is 11.1 Å². The van der Waals surface area contributed by atoms with E-state index in [1.165, 1.54) is 29.4 Å². The molecule has 204 valence electrons. The molecular formula is C27H23BrCl2N2O6S. The van der Waals surface area contributed by atoms with E-state index in [2.05, 4.69) is 15.9 Å². The van der Waals surface area contributed by atoms with Crippen molar-refractivity contribution >= 4 is 74.1 Å². The number of hydrogen-bond acceptors (Lipinski definition) is 7. The first-order valence-corrected chi connectivity index (χ1v) is 15.1. The van der Waals surface area contributed by atoms with Gasteiger partial charge in [-0.15, -0.1) is 34.5 Å². The Balaban J connectivity index is 1.49. The SMILES string of the molecule is COc1ccc(C2C3=CCC4C(=O)N(Cc5cccs5)C(=O)C4C3CC3(Cl)C(=O)N(CBr)C(=O)C23Cl)cc1O. The summed E-state index contributed by atoms with van der Waals surface area (Å²) >= 11 is 19.0. The minimum absolute atomic E-state index is 0.0797.